The maximum Gasteiger partial charge on any atom is 0.326 e. The number of methoxy groups -OCH3 is 1. The van der Waals surface area contributed by atoms with Gasteiger partial charge in [-0.3, -0.25) is 4.79 Å². The van der Waals surface area contributed by atoms with Crippen molar-refractivity contribution in [1.29, 1.82) is 0 Å². The third kappa shape index (κ3) is 5.59. The Bertz CT molecular complexity index is 308. The van der Waals surface area contributed by atoms with Crippen LogP contribution in [0.15, 0.2) is 0 Å². The molecule has 124 valence electrons. The van der Waals surface area contributed by atoms with Gasteiger partial charge in [0.1, 0.15) is 5.54 Å². The lowest BCUT2D eigenvalue weighted by Gasteiger charge is -2.28. The Hall–Kier alpha value is -0.610. The first-order chi connectivity index (χ1) is 10.0. The van der Waals surface area contributed by atoms with Crippen molar-refractivity contribution in [2.24, 2.45) is 11.7 Å². The summed E-state index contributed by atoms with van der Waals surface area (Å²) in [5.74, 6) is -0.0742. The lowest BCUT2D eigenvalue weighted by Crippen LogP contribution is -2.51. The molecule has 0 aromatic carbocycles. The topological polar surface area (TPSA) is 61.5 Å². The van der Waals surface area contributed by atoms with Crippen molar-refractivity contribution in [2.75, 3.05) is 13.7 Å². The maximum absolute atomic E-state index is 11.9. The predicted molar refractivity (Wildman–Crippen MR) is 85.1 cm³/mol. The molecular formula is C17H33NO3. The molecule has 1 fully saturated rings. The van der Waals surface area contributed by atoms with Crippen molar-refractivity contribution >= 4 is 5.97 Å². The fourth-order valence-electron chi connectivity index (χ4n) is 3.32. The van der Waals surface area contributed by atoms with Crippen molar-refractivity contribution in [3.8, 4) is 0 Å². The smallest absolute Gasteiger partial charge is 0.326 e. The highest BCUT2D eigenvalue weighted by atomic mass is 16.5. The molecule has 4 nitrogen and oxygen atoms in total. The van der Waals surface area contributed by atoms with Gasteiger partial charge in [-0.05, 0) is 38.5 Å². The van der Waals surface area contributed by atoms with Crippen LogP contribution in [-0.4, -0.2) is 31.3 Å². The molecule has 0 heterocycles. The summed E-state index contributed by atoms with van der Waals surface area (Å²) in [6.45, 7) is 5.05. The molecule has 1 rings (SSSR count). The van der Waals surface area contributed by atoms with Crippen molar-refractivity contribution in [3.05, 3.63) is 0 Å². The van der Waals surface area contributed by atoms with Gasteiger partial charge in [0.05, 0.1) is 13.2 Å². The van der Waals surface area contributed by atoms with Crippen LogP contribution in [0.4, 0.5) is 0 Å². The Morgan fingerprint density at radius 3 is 2.81 bits per heavy atom. The zero-order valence-electron chi connectivity index (χ0n) is 14.0. The average molecular weight is 299 g/mol. The number of esters is 1. The fourth-order valence-corrected chi connectivity index (χ4v) is 3.32. The molecule has 0 radical (unpaired) electrons. The van der Waals surface area contributed by atoms with Crippen molar-refractivity contribution in [1.82, 2.24) is 0 Å². The summed E-state index contributed by atoms with van der Waals surface area (Å²) in [6, 6.07) is 0. The second-order valence-electron chi connectivity index (χ2n) is 6.44. The van der Waals surface area contributed by atoms with Gasteiger partial charge in [-0.1, -0.05) is 39.0 Å². The maximum atomic E-state index is 11.9. The van der Waals surface area contributed by atoms with Crippen LogP contribution in [0.1, 0.15) is 71.6 Å². The van der Waals surface area contributed by atoms with Crippen LogP contribution in [0.2, 0.25) is 0 Å². The molecule has 3 atom stereocenters. The van der Waals surface area contributed by atoms with Crippen LogP contribution in [0.25, 0.3) is 0 Å². The summed E-state index contributed by atoms with van der Waals surface area (Å²) in [4.78, 5) is 11.9. The van der Waals surface area contributed by atoms with Crippen LogP contribution in [-0.2, 0) is 14.3 Å². The van der Waals surface area contributed by atoms with Gasteiger partial charge in [0.2, 0.25) is 0 Å². The molecule has 21 heavy (non-hydrogen) atoms. The van der Waals surface area contributed by atoms with E-state index in [2.05, 4.69) is 13.8 Å². The molecule has 4 heteroatoms. The lowest BCUT2D eigenvalue weighted by molar-refractivity contribution is -0.148. The first kappa shape index (κ1) is 18.4. The van der Waals surface area contributed by atoms with E-state index in [1.54, 1.807) is 0 Å². The summed E-state index contributed by atoms with van der Waals surface area (Å²) >= 11 is 0. The average Bonchev–Trinajstić information content (AvgIpc) is 2.85. The van der Waals surface area contributed by atoms with E-state index in [9.17, 15) is 4.79 Å². The molecule has 0 aromatic heterocycles. The number of carbonyl (C=O) groups is 1. The Kier molecular flexibility index (Phi) is 8.27. The zero-order chi connectivity index (χ0) is 15.7. The molecule has 0 spiro atoms. The summed E-state index contributed by atoms with van der Waals surface area (Å²) in [5.41, 5.74) is 5.47. The Labute approximate surface area is 129 Å². The van der Waals surface area contributed by atoms with E-state index in [4.69, 9.17) is 15.2 Å². The normalized spacial score (nSPS) is 26.8. The third-order valence-electron chi connectivity index (χ3n) is 4.77. The van der Waals surface area contributed by atoms with Gasteiger partial charge in [-0.15, -0.1) is 0 Å². The first-order valence-corrected chi connectivity index (χ1v) is 8.53. The van der Waals surface area contributed by atoms with Gasteiger partial charge in [-0.25, -0.2) is 0 Å². The molecule has 0 aromatic rings. The molecule has 1 saturated carbocycles. The van der Waals surface area contributed by atoms with E-state index >= 15 is 0 Å². The molecule has 0 saturated heterocycles. The second-order valence-corrected chi connectivity index (χ2v) is 6.44. The molecule has 0 aliphatic heterocycles. The van der Waals surface area contributed by atoms with Gasteiger partial charge < -0.3 is 15.2 Å². The van der Waals surface area contributed by atoms with E-state index < -0.39 is 5.54 Å². The fraction of sp³-hybridized carbons (Fsp3) is 0.941. The van der Waals surface area contributed by atoms with E-state index in [1.165, 1.54) is 32.8 Å². The third-order valence-corrected chi connectivity index (χ3v) is 4.77. The number of rotatable bonds is 10. The highest BCUT2D eigenvalue weighted by Crippen LogP contribution is 2.37. The van der Waals surface area contributed by atoms with Gasteiger partial charge in [0.25, 0.3) is 0 Å². The molecule has 1 aliphatic carbocycles. The van der Waals surface area contributed by atoms with Gasteiger partial charge in [-0.2, -0.15) is 0 Å². The van der Waals surface area contributed by atoms with E-state index in [0.29, 0.717) is 12.7 Å². The number of nitrogens with two attached hydrogens (primary N) is 1. The summed E-state index contributed by atoms with van der Waals surface area (Å²) in [6.07, 6.45) is 10.1. The SMILES string of the molecule is CCCCCCC(C)OCCC1CCCC1(N)C(=O)OC. The lowest BCUT2D eigenvalue weighted by atomic mass is 9.86. The largest absolute Gasteiger partial charge is 0.468 e. The van der Waals surface area contributed by atoms with E-state index in [0.717, 1.165) is 32.1 Å². The highest BCUT2D eigenvalue weighted by Gasteiger charge is 2.46. The molecule has 0 bridgehead atoms. The van der Waals surface area contributed by atoms with Gasteiger partial charge in [0.15, 0.2) is 0 Å². The van der Waals surface area contributed by atoms with Gasteiger partial charge in [0, 0.05) is 6.61 Å². The van der Waals surface area contributed by atoms with Crippen LogP contribution in [0.3, 0.4) is 0 Å². The second kappa shape index (κ2) is 9.42. The van der Waals surface area contributed by atoms with E-state index in [-0.39, 0.29) is 11.9 Å². The van der Waals surface area contributed by atoms with Crippen molar-refractivity contribution in [2.45, 2.75) is 83.3 Å². The predicted octanol–water partition coefficient (Wildman–Crippen LogP) is 3.42. The monoisotopic (exact) mass is 299 g/mol. The van der Waals surface area contributed by atoms with Crippen molar-refractivity contribution < 1.29 is 14.3 Å². The minimum absolute atomic E-state index is 0.192. The summed E-state index contributed by atoms with van der Waals surface area (Å²) in [5, 5.41) is 0. The van der Waals surface area contributed by atoms with Crippen LogP contribution >= 0.6 is 0 Å². The number of ether oxygens (including phenoxy) is 2. The Morgan fingerprint density at radius 2 is 2.14 bits per heavy atom. The van der Waals surface area contributed by atoms with Crippen LogP contribution in [0, 0.1) is 5.92 Å². The van der Waals surface area contributed by atoms with E-state index in [1.807, 2.05) is 0 Å². The number of carbonyl (C=O) groups excluding carboxylic acids is 1. The van der Waals surface area contributed by atoms with Crippen LogP contribution in [0.5, 0.6) is 0 Å². The molecule has 1 aliphatic rings. The number of hydrogen-bond donors (Lipinski definition) is 1. The summed E-state index contributed by atoms with van der Waals surface area (Å²) < 4.78 is 10.7. The minimum atomic E-state index is -0.789. The number of hydrogen-bond acceptors (Lipinski definition) is 4. The van der Waals surface area contributed by atoms with Crippen LogP contribution < -0.4 is 5.73 Å². The quantitative estimate of drug-likeness (QED) is 0.496. The molecule has 3 unspecified atom stereocenters. The molecule has 0 amide bonds. The van der Waals surface area contributed by atoms with Gasteiger partial charge >= 0.3 is 5.97 Å². The molecular weight excluding hydrogens is 266 g/mol. The summed E-state index contributed by atoms with van der Waals surface area (Å²) in [7, 11) is 1.42. The standard InChI is InChI=1S/C17H33NO3/c1-4-5-6-7-9-14(2)21-13-11-15-10-8-12-17(15,18)16(19)20-3/h14-15H,4-13,18H2,1-3H3. The highest BCUT2D eigenvalue weighted by molar-refractivity contribution is 5.81. The Morgan fingerprint density at radius 1 is 1.38 bits per heavy atom. The zero-order valence-corrected chi connectivity index (χ0v) is 14.0. The molecule has 2 N–H and O–H groups in total. The minimum Gasteiger partial charge on any atom is -0.468 e. The Balaban J connectivity index is 2.23. The number of unbranched alkanes of at least 4 members (excludes halogenated alkanes) is 3. The first-order valence-electron chi connectivity index (χ1n) is 8.53. The van der Waals surface area contributed by atoms with Crippen molar-refractivity contribution in [3.63, 3.8) is 0 Å².